The number of hydrogen-bond acceptors (Lipinski definition) is 1. The Morgan fingerprint density at radius 3 is 1.25 bits per heavy atom. The molecular weight excluding hydrogens is 392 g/mol. The third kappa shape index (κ3) is 28.7. The minimum atomic E-state index is -0.659. The fourth-order valence-corrected chi connectivity index (χ4v) is 3.95. The Labute approximate surface area is 200 Å². The topological polar surface area (TPSA) is 37.3 Å². The molecule has 0 aliphatic heterocycles. The number of hydrogen-bond donors (Lipinski definition) is 1. The van der Waals surface area contributed by atoms with Crippen LogP contribution in [0.4, 0.5) is 0 Å². The number of carbonyl (C=O) groups is 1. The predicted molar refractivity (Wildman–Crippen MR) is 142 cm³/mol. The number of allylic oxidation sites excluding steroid dienone is 6. The Bertz CT molecular complexity index is 461. The van der Waals surface area contributed by atoms with Crippen LogP contribution in [0.2, 0.25) is 0 Å². The van der Waals surface area contributed by atoms with E-state index in [1.54, 1.807) is 0 Å². The van der Waals surface area contributed by atoms with Crippen molar-refractivity contribution in [3.63, 3.8) is 0 Å². The first kappa shape index (κ1) is 30.7. The van der Waals surface area contributed by atoms with Crippen molar-refractivity contribution in [2.45, 2.75) is 148 Å². The Morgan fingerprint density at radius 1 is 0.500 bits per heavy atom. The van der Waals surface area contributed by atoms with Gasteiger partial charge in [-0.1, -0.05) is 133 Å². The van der Waals surface area contributed by atoms with Gasteiger partial charge in [-0.05, 0) is 44.9 Å². The number of aliphatic carboxylic acids is 1. The van der Waals surface area contributed by atoms with Crippen molar-refractivity contribution in [1.82, 2.24) is 0 Å². The maximum atomic E-state index is 10.4. The lowest BCUT2D eigenvalue weighted by atomic mass is 10.1. The molecule has 0 aromatic heterocycles. The molecule has 2 heteroatoms. The fourth-order valence-electron chi connectivity index (χ4n) is 3.95. The fraction of sp³-hybridized carbons (Fsp3) is 0.767. The van der Waals surface area contributed by atoms with E-state index < -0.39 is 5.97 Å². The van der Waals surface area contributed by atoms with Crippen LogP contribution in [0.3, 0.4) is 0 Å². The summed E-state index contributed by atoms with van der Waals surface area (Å²) >= 11 is 0. The number of rotatable bonds is 25. The lowest BCUT2D eigenvalue weighted by molar-refractivity contribution is -0.137. The molecule has 0 aromatic rings. The van der Waals surface area contributed by atoms with Gasteiger partial charge in [0.2, 0.25) is 0 Å². The molecule has 0 radical (unpaired) electrons. The quantitative estimate of drug-likeness (QED) is 0.112. The highest BCUT2D eigenvalue weighted by Crippen LogP contribution is 2.12. The molecule has 0 heterocycles. The Hall–Kier alpha value is -1.31. The normalized spacial score (nSPS) is 12.0. The molecule has 0 aliphatic rings. The van der Waals surface area contributed by atoms with E-state index in [1.807, 2.05) is 0 Å². The van der Waals surface area contributed by atoms with Crippen LogP contribution >= 0.6 is 0 Å². The van der Waals surface area contributed by atoms with Gasteiger partial charge in [0.1, 0.15) is 0 Å². The van der Waals surface area contributed by atoms with Crippen LogP contribution in [0.5, 0.6) is 0 Å². The second-order valence-corrected chi connectivity index (χ2v) is 9.26. The summed E-state index contributed by atoms with van der Waals surface area (Å²) in [6.45, 7) is 2.28. The zero-order valence-electron chi connectivity index (χ0n) is 21.4. The van der Waals surface area contributed by atoms with Gasteiger partial charge in [0.15, 0.2) is 0 Å². The molecule has 0 atom stereocenters. The van der Waals surface area contributed by atoms with Crippen LogP contribution in [0.25, 0.3) is 0 Å². The maximum Gasteiger partial charge on any atom is 0.303 e. The summed E-state index contributed by atoms with van der Waals surface area (Å²) in [6, 6.07) is 0. The highest BCUT2D eigenvalue weighted by molar-refractivity contribution is 5.66. The van der Waals surface area contributed by atoms with E-state index >= 15 is 0 Å². The highest BCUT2D eigenvalue weighted by Gasteiger charge is 1.96. The van der Waals surface area contributed by atoms with Gasteiger partial charge in [0.25, 0.3) is 0 Å². The van der Waals surface area contributed by atoms with E-state index in [0.717, 1.165) is 25.7 Å². The van der Waals surface area contributed by atoms with Crippen molar-refractivity contribution in [1.29, 1.82) is 0 Å². The summed E-state index contributed by atoms with van der Waals surface area (Å²) in [5, 5.41) is 8.60. The third-order valence-electron chi connectivity index (χ3n) is 6.03. The summed E-state index contributed by atoms with van der Waals surface area (Å²) < 4.78 is 0. The molecule has 0 aromatic carbocycles. The van der Waals surface area contributed by atoms with Crippen molar-refractivity contribution in [3.8, 4) is 0 Å². The van der Waals surface area contributed by atoms with Crippen molar-refractivity contribution in [2.75, 3.05) is 0 Å². The van der Waals surface area contributed by atoms with Crippen molar-refractivity contribution < 1.29 is 9.90 Å². The molecular formula is C30H54O2. The second-order valence-electron chi connectivity index (χ2n) is 9.26. The smallest absolute Gasteiger partial charge is 0.303 e. The minimum Gasteiger partial charge on any atom is -0.481 e. The van der Waals surface area contributed by atoms with Crippen LogP contribution in [-0.4, -0.2) is 11.1 Å². The standard InChI is InChI=1S/C30H54O2/c1-2-3-4-5-6-7-8-9-10-11-12-13-14-15-16-17-18-19-20-21-22-23-24-25-26-27-28-29-30(31)32/h10-11,13-14,16-17H,2-9,12,15,18-29H2,1H3,(H,31,32). The zero-order chi connectivity index (χ0) is 23.4. The third-order valence-corrected chi connectivity index (χ3v) is 6.03. The molecule has 0 rings (SSSR count). The van der Waals surface area contributed by atoms with Gasteiger partial charge in [-0.25, -0.2) is 0 Å². The monoisotopic (exact) mass is 446 g/mol. The number of carboxylic acid groups (broad SMARTS) is 1. The van der Waals surface area contributed by atoms with Gasteiger partial charge in [-0.2, -0.15) is 0 Å². The Morgan fingerprint density at radius 2 is 0.844 bits per heavy atom. The summed E-state index contributed by atoms with van der Waals surface area (Å²) in [5.41, 5.74) is 0. The van der Waals surface area contributed by atoms with Crippen LogP contribution in [0, 0.1) is 0 Å². The van der Waals surface area contributed by atoms with E-state index in [0.29, 0.717) is 6.42 Å². The Balaban J connectivity index is 3.23. The van der Waals surface area contributed by atoms with E-state index in [-0.39, 0.29) is 0 Å². The predicted octanol–water partition coefficient (Wildman–Crippen LogP) is 10.3. The van der Waals surface area contributed by atoms with Crippen LogP contribution in [0.1, 0.15) is 148 Å². The highest BCUT2D eigenvalue weighted by atomic mass is 16.4. The number of unbranched alkanes of at least 4 members (excludes halogenated alkanes) is 17. The van der Waals surface area contributed by atoms with Crippen molar-refractivity contribution >= 4 is 5.97 Å². The van der Waals surface area contributed by atoms with E-state index in [4.69, 9.17) is 5.11 Å². The molecule has 0 saturated heterocycles. The molecule has 186 valence electrons. The summed E-state index contributed by atoms with van der Waals surface area (Å²) in [5.74, 6) is -0.659. The lowest BCUT2D eigenvalue weighted by Crippen LogP contribution is -1.93. The molecule has 0 aliphatic carbocycles. The van der Waals surface area contributed by atoms with Gasteiger partial charge in [0, 0.05) is 6.42 Å². The zero-order valence-corrected chi connectivity index (χ0v) is 21.4. The summed E-state index contributed by atoms with van der Waals surface area (Å²) in [6.07, 6.45) is 41.0. The molecule has 0 spiro atoms. The van der Waals surface area contributed by atoms with Crippen LogP contribution in [-0.2, 0) is 4.79 Å². The molecule has 0 saturated carbocycles. The molecule has 0 amide bonds. The molecule has 0 unspecified atom stereocenters. The van der Waals surface area contributed by atoms with Crippen LogP contribution in [0.15, 0.2) is 36.5 Å². The van der Waals surface area contributed by atoms with E-state index in [9.17, 15) is 4.79 Å². The summed E-state index contributed by atoms with van der Waals surface area (Å²) in [4.78, 5) is 10.4. The largest absolute Gasteiger partial charge is 0.481 e. The average Bonchev–Trinajstić information content (AvgIpc) is 2.78. The number of carboxylic acids is 1. The van der Waals surface area contributed by atoms with Crippen molar-refractivity contribution in [3.05, 3.63) is 36.5 Å². The lowest BCUT2D eigenvalue weighted by Gasteiger charge is -2.01. The van der Waals surface area contributed by atoms with Crippen molar-refractivity contribution in [2.24, 2.45) is 0 Å². The first-order valence-corrected chi connectivity index (χ1v) is 13.9. The van der Waals surface area contributed by atoms with Gasteiger partial charge in [0.05, 0.1) is 0 Å². The first-order valence-electron chi connectivity index (χ1n) is 13.9. The molecule has 0 bridgehead atoms. The molecule has 1 N–H and O–H groups in total. The SMILES string of the molecule is CCCCCCCCCC=CCC=CCC=CCCCCCCCCCCCCC(=O)O. The van der Waals surface area contributed by atoms with Gasteiger partial charge < -0.3 is 5.11 Å². The second kappa shape index (κ2) is 27.7. The van der Waals surface area contributed by atoms with Gasteiger partial charge in [-0.15, -0.1) is 0 Å². The van der Waals surface area contributed by atoms with E-state index in [1.165, 1.54) is 109 Å². The van der Waals surface area contributed by atoms with E-state index in [2.05, 4.69) is 43.4 Å². The summed E-state index contributed by atoms with van der Waals surface area (Å²) in [7, 11) is 0. The van der Waals surface area contributed by atoms with Gasteiger partial charge in [-0.3, -0.25) is 4.79 Å². The van der Waals surface area contributed by atoms with Crippen LogP contribution < -0.4 is 0 Å². The van der Waals surface area contributed by atoms with Gasteiger partial charge >= 0.3 is 5.97 Å². The first-order chi connectivity index (χ1) is 15.8. The molecule has 32 heavy (non-hydrogen) atoms. The maximum absolute atomic E-state index is 10.4. The molecule has 2 nitrogen and oxygen atoms in total. The minimum absolute atomic E-state index is 0.335. The average molecular weight is 447 g/mol. The Kier molecular flexibility index (Phi) is 26.6. The molecule has 0 fully saturated rings.